The van der Waals surface area contributed by atoms with Crippen molar-refractivity contribution in [3.8, 4) is 12.3 Å². The van der Waals surface area contributed by atoms with E-state index in [-0.39, 0.29) is 12.1 Å². The molecule has 0 aromatic rings. The largest absolute Gasteiger partial charge is 0.389 e. The predicted molar refractivity (Wildman–Crippen MR) is 66.7 cm³/mol. The van der Waals surface area contributed by atoms with Crippen LogP contribution in [0.2, 0.25) is 0 Å². The summed E-state index contributed by atoms with van der Waals surface area (Å²) in [6.07, 6.45) is 7.77. The summed E-state index contributed by atoms with van der Waals surface area (Å²) in [5.74, 6) is 2.58. The molecule has 3 atom stereocenters. The van der Waals surface area contributed by atoms with Gasteiger partial charge in [0.2, 0.25) is 0 Å². The minimum absolute atomic E-state index is 0.218. The highest BCUT2D eigenvalue weighted by atomic mass is 16.5. The van der Waals surface area contributed by atoms with Gasteiger partial charge in [-0.3, -0.25) is 0 Å². The van der Waals surface area contributed by atoms with E-state index in [0.717, 1.165) is 19.4 Å². The number of terminal acetylenes is 1. The first kappa shape index (κ1) is 14.5. The topological polar surface area (TPSA) is 50.7 Å². The van der Waals surface area contributed by atoms with Gasteiger partial charge in [-0.1, -0.05) is 0 Å². The molecule has 1 saturated heterocycles. The fraction of sp³-hybridized carbons (Fsp3) is 0.846. The second-order valence-electron chi connectivity index (χ2n) is 4.54. The van der Waals surface area contributed by atoms with E-state index in [2.05, 4.69) is 11.2 Å². The number of hydrogen-bond acceptors (Lipinski definition) is 4. The van der Waals surface area contributed by atoms with Gasteiger partial charge in [-0.15, -0.1) is 12.3 Å². The third-order valence-corrected chi connectivity index (χ3v) is 2.76. The van der Waals surface area contributed by atoms with Crippen molar-refractivity contribution in [2.75, 3.05) is 26.4 Å². The van der Waals surface area contributed by atoms with E-state index >= 15 is 0 Å². The first-order valence-electron chi connectivity index (χ1n) is 6.26. The maximum absolute atomic E-state index is 9.66. The summed E-state index contributed by atoms with van der Waals surface area (Å²) < 4.78 is 10.8. The first-order valence-corrected chi connectivity index (χ1v) is 6.26. The van der Waals surface area contributed by atoms with Crippen LogP contribution in [0.3, 0.4) is 0 Å². The fourth-order valence-corrected chi connectivity index (χ4v) is 1.76. The van der Waals surface area contributed by atoms with E-state index < -0.39 is 6.10 Å². The Hall–Kier alpha value is -0.600. The Morgan fingerprint density at radius 3 is 3.12 bits per heavy atom. The molecule has 1 rings (SSSR count). The molecule has 0 aliphatic carbocycles. The minimum atomic E-state index is -0.489. The number of nitrogens with one attached hydrogen (secondary N) is 1. The smallest absolute Gasteiger partial charge is 0.0897 e. The van der Waals surface area contributed by atoms with Crippen LogP contribution < -0.4 is 5.32 Å². The molecule has 1 aliphatic rings. The molecule has 3 unspecified atom stereocenters. The number of rotatable bonds is 8. The molecule has 0 aromatic carbocycles. The van der Waals surface area contributed by atoms with Gasteiger partial charge in [-0.2, -0.15) is 0 Å². The van der Waals surface area contributed by atoms with Gasteiger partial charge in [0.1, 0.15) is 0 Å². The van der Waals surface area contributed by atoms with Crippen LogP contribution >= 0.6 is 0 Å². The van der Waals surface area contributed by atoms with Gasteiger partial charge in [0.05, 0.1) is 25.4 Å². The van der Waals surface area contributed by atoms with Crippen molar-refractivity contribution in [3.05, 3.63) is 0 Å². The number of aliphatic hydroxyl groups excluding tert-OH is 1. The summed E-state index contributed by atoms with van der Waals surface area (Å²) in [5, 5.41) is 12.8. The van der Waals surface area contributed by atoms with Crippen LogP contribution in [0.4, 0.5) is 0 Å². The summed E-state index contributed by atoms with van der Waals surface area (Å²) in [6, 6.07) is 0.229. The Bertz CT molecular complexity index is 233. The van der Waals surface area contributed by atoms with Gasteiger partial charge in [0.15, 0.2) is 0 Å². The number of aliphatic hydroxyl groups is 1. The fourth-order valence-electron chi connectivity index (χ4n) is 1.76. The lowest BCUT2D eigenvalue weighted by Crippen LogP contribution is -2.36. The van der Waals surface area contributed by atoms with Crippen LogP contribution in [-0.4, -0.2) is 49.7 Å². The number of hydrogen-bond donors (Lipinski definition) is 2. The first-order chi connectivity index (χ1) is 8.22. The molecule has 1 aliphatic heterocycles. The Morgan fingerprint density at radius 2 is 2.47 bits per heavy atom. The highest BCUT2D eigenvalue weighted by Gasteiger charge is 2.16. The van der Waals surface area contributed by atoms with Gasteiger partial charge in [-0.25, -0.2) is 0 Å². The average Bonchev–Trinajstić information content (AvgIpc) is 2.80. The van der Waals surface area contributed by atoms with Crippen LogP contribution in [0.15, 0.2) is 0 Å². The standard InChI is InChI=1S/C13H23NO3/c1-3-5-11(2)14-8-12(15)9-16-10-13-6-4-7-17-13/h1,11-15H,4-10H2,2H3. The third kappa shape index (κ3) is 6.64. The Labute approximate surface area is 104 Å². The summed E-state index contributed by atoms with van der Waals surface area (Å²) in [7, 11) is 0. The van der Waals surface area contributed by atoms with Gasteiger partial charge >= 0.3 is 0 Å². The molecule has 4 nitrogen and oxygen atoms in total. The predicted octanol–water partition coefficient (Wildman–Crippen LogP) is 0.544. The van der Waals surface area contributed by atoms with Crippen molar-refractivity contribution >= 4 is 0 Å². The summed E-state index contributed by atoms with van der Waals surface area (Å²) in [4.78, 5) is 0. The van der Waals surface area contributed by atoms with Crippen LogP contribution in [0.1, 0.15) is 26.2 Å². The van der Waals surface area contributed by atoms with Crippen LogP contribution in [0.25, 0.3) is 0 Å². The van der Waals surface area contributed by atoms with Gasteiger partial charge in [0.25, 0.3) is 0 Å². The van der Waals surface area contributed by atoms with E-state index in [1.54, 1.807) is 0 Å². The van der Waals surface area contributed by atoms with Crippen molar-refractivity contribution in [3.63, 3.8) is 0 Å². The molecular formula is C13H23NO3. The molecule has 0 spiro atoms. The monoisotopic (exact) mass is 241 g/mol. The second kappa shape index (κ2) is 8.48. The van der Waals surface area contributed by atoms with Gasteiger partial charge in [-0.05, 0) is 19.8 Å². The average molecular weight is 241 g/mol. The van der Waals surface area contributed by atoms with Crippen LogP contribution in [0, 0.1) is 12.3 Å². The van der Waals surface area contributed by atoms with E-state index in [1.807, 2.05) is 6.92 Å². The normalized spacial score (nSPS) is 23.2. The Balaban J connectivity index is 1.97. The molecule has 0 radical (unpaired) electrons. The molecule has 1 heterocycles. The summed E-state index contributed by atoms with van der Waals surface area (Å²) >= 11 is 0. The lowest BCUT2D eigenvalue weighted by Gasteiger charge is -2.16. The van der Waals surface area contributed by atoms with Crippen LogP contribution in [0.5, 0.6) is 0 Å². The third-order valence-electron chi connectivity index (χ3n) is 2.76. The molecule has 0 bridgehead atoms. The maximum atomic E-state index is 9.66. The highest BCUT2D eigenvalue weighted by Crippen LogP contribution is 2.11. The molecule has 2 N–H and O–H groups in total. The van der Waals surface area contributed by atoms with Crippen molar-refractivity contribution < 1.29 is 14.6 Å². The van der Waals surface area contributed by atoms with Crippen molar-refractivity contribution in [1.82, 2.24) is 5.32 Å². The Kier molecular flexibility index (Phi) is 7.22. The lowest BCUT2D eigenvalue weighted by atomic mass is 10.2. The number of ether oxygens (including phenoxy) is 2. The zero-order valence-corrected chi connectivity index (χ0v) is 10.5. The zero-order valence-electron chi connectivity index (χ0n) is 10.5. The quantitative estimate of drug-likeness (QED) is 0.609. The highest BCUT2D eigenvalue weighted by molar-refractivity contribution is 4.88. The SMILES string of the molecule is C#CCC(C)NCC(O)COCC1CCCO1. The molecule has 1 fully saturated rings. The molecular weight excluding hydrogens is 218 g/mol. The van der Waals surface area contributed by atoms with E-state index in [1.165, 1.54) is 0 Å². The molecule has 17 heavy (non-hydrogen) atoms. The molecule has 0 amide bonds. The summed E-state index contributed by atoms with van der Waals surface area (Å²) in [6.45, 7) is 4.27. The van der Waals surface area contributed by atoms with Crippen molar-refractivity contribution in [2.45, 2.75) is 44.4 Å². The minimum Gasteiger partial charge on any atom is -0.389 e. The van der Waals surface area contributed by atoms with E-state index in [9.17, 15) is 5.11 Å². The maximum Gasteiger partial charge on any atom is 0.0897 e. The second-order valence-corrected chi connectivity index (χ2v) is 4.54. The molecule has 0 saturated carbocycles. The molecule has 98 valence electrons. The van der Waals surface area contributed by atoms with Crippen molar-refractivity contribution in [2.24, 2.45) is 0 Å². The molecule has 0 aromatic heterocycles. The van der Waals surface area contributed by atoms with Gasteiger partial charge in [0, 0.05) is 25.6 Å². The summed E-state index contributed by atoms with van der Waals surface area (Å²) in [5.41, 5.74) is 0. The van der Waals surface area contributed by atoms with Crippen molar-refractivity contribution in [1.29, 1.82) is 0 Å². The molecule has 4 heteroatoms. The zero-order chi connectivity index (χ0) is 12.5. The van der Waals surface area contributed by atoms with Crippen LogP contribution in [-0.2, 0) is 9.47 Å². The Morgan fingerprint density at radius 1 is 1.65 bits per heavy atom. The van der Waals surface area contributed by atoms with E-state index in [0.29, 0.717) is 26.2 Å². The van der Waals surface area contributed by atoms with Gasteiger partial charge < -0.3 is 19.9 Å². The lowest BCUT2D eigenvalue weighted by molar-refractivity contribution is -0.0168. The van der Waals surface area contributed by atoms with E-state index in [4.69, 9.17) is 15.9 Å².